The van der Waals surface area contributed by atoms with Crippen molar-refractivity contribution in [2.75, 3.05) is 31.7 Å². The van der Waals surface area contributed by atoms with E-state index < -0.39 is 9.84 Å². The zero-order chi connectivity index (χ0) is 19.4. The Kier molecular flexibility index (Phi) is 6.22. The van der Waals surface area contributed by atoms with E-state index in [0.29, 0.717) is 13.0 Å². The molecule has 7 heteroatoms. The van der Waals surface area contributed by atoms with Crippen LogP contribution in [0.4, 0.5) is 0 Å². The van der Waals surface area contributed by atoms with Crippen LogP contribution in [0.3, 0.4) is 0 Å². The van der Waals surface area contributed by atoms with Gasteiger partial charge in [0.05, 0.1) is 29.8 Å². The molecule has 0 bridgehead atoms. The maximum atomic E-state index is 11.8. The summed E-state index contributed by atoms with van der Waals surface area (Å²) in [5, 5.41) is 4.65. The van der Waals surface area contributed by atoms with Crippen LogP contribution in [-0.4, -0.2) is 54.8 Å². The van der Waals surface area contributed by atoms with Gasteiger partial charge in [-0.1, -0.05) is 18.2 Å². The second kappa shape index (κ2) is 8.44. The fraction of sp³-hybridized carbons (Fsp3) is 0.550. The number of aromatic nitrogens is 2. The Morgan fingerprint density at radius 1 is 1.26 bits per heavy atom. The van der Waals surface area contributed by atoms with Crippen molar-refractivity contribution in [2.24, 2.45) is 0 Å². The number of hydrogen-bond acceptors (Lipinski definition) is 5. The van der Waals surface area contributed by atoms with Crippen LogP contribution in [0.15, 0.2) is 30.3 Å². The van der Waals surface area contributed by atoms with E-state index in [9.17, 15) is 8.42 Å². The van der Waals surface area contributed by atoms with E-state index in [1.165, 1.54) is 5.56 Å². The largest absolute Gasteiger partial charge is 0.494 e. The quantitative estimate of drug-likeness (QED) is 0.648. The maximum Gasteiger partial charge on any atom is 0.152 e. The van der Waals surface area contributed by atoms with Crippen LogP contribution >= 0.6 is 0 Å². The lowest BCUT2D eigenvalue weighted by Gasteiger charge is -2.18. The maximum absolute atomic E-state index is 11.8. The predicted molar refractivity (Wildman–Crippen MR) is 107 cm³/mol. The lowest BCUT2D eigenvalue weighted by molar-refractivity contribution is 0.258. The summed E-state index contributed by atoms with van der Waals surface area (Å²) in [6.45, 7) is 6.48. The summed E-state index contributed by atoms with van der Waals surface area (Å²) in [6.07, 6.45) is 1.61. The molecule has 2 aromatic rings. The summed E-state index contributed by atoms with van der Waals surface area (Å²) in [5.74, 6) is 1.38. The van der Waals surface area contributed by atoms with Gasteiger partial charge in [-0.15, -0.1) is 0 Å². The zero-order valence-corrected chi connectivity index (χ0v) is 17.2. The molecule has 1 saturated heterocycles. The highest BCUT2D eigenvalue weighted by Crippen LogP contribution is 2.27. The molecule has 2 heterocycles. The minimum Gasteiger partial charge on any atom is -0.494 e. The highest BCUT2D eigenvalue weighted by molar-refractivity contribution is 7.91. The summed E-state index contributed by atoms with van der Waals surface area (Å²) in [5.41, 5.74) is 3.27. The van der Waals surface area contributed by atoms with E-state index in [1.807, 2.05) is 48.9 Å². The van der Waals surface area contributed by atoms with Crippen LogP contribution in [0.25, 0.3) is 0 Å². The van der Waals surface area contributed by atoms with Gasteiger partial charge in [0.15, 0.2) is 9.84 Å². The first-order valence-electron chi connectivity index (χ1n) is 9.47. The second-order valence-corrected chi connectivity index (χ2v) is 9.63. The van der Waals surface area contributed by atoms with Crippen molar-refractivity contribution < 1.29 is 13.2 Å². The van der Waals surface area contributed by atoms with E-state index in [1.54, 1.807) is 0 Å². The third-order valence-electron chi connectivity index (χ3n) is 5.15. The van der Waals surface area contributed by atoms with Crippen LogP contribution in [0.1, 0.15) is 35.8 Å². The number of benzene rings is 1. The van der Waals surface area contributed by atoms with Gasteiger partial charge in [-0.05, 0) is 45.9 Å². The van der Waals surface area contributed by atoms with Crippen LogP contribution < -0.4 is 4.74 Å². The van der Waals surface area contributed by atoms with Gasteiger partial charge in [-0.3, -0.25) is 4.68 Å². The number of nitrogens with zero attached hydrogens (tertiary/aromatic N) is 3. The Morgan fingerprint density at radius 2 is 2.00 bits per heavy atom. The number of aryl methyl sites for hydroxylation is 1. The third kappa shape index (κ3) is 5.11. The lowest BCUT2D eigenvalue weighted by Crippen LogP contribution is -2.21. The minimum atomic E-state index is -2.91. The van der Waals surface area contributed by atoms with Crippen molar-refractivity contribution in [3.05, 3.63) is 47.3 Å². The number of hydrogen-bond donors (Lipinski definition) is 0. The van der Waals surface area contributed by atoms with Crippen molar-refractivity contribution in [2.45, 2.75) is 39.3 Å². The smallest absolute Gasteiger partial charge is 0.152 e. The molecule has 0 N–H and O–H groups in total. The van der Waals surface area contributed by atoms with E-state index in [-0.39, 0.29) is 17.5 Å². The Morgan fingerprint density at radius 3 is 2.67 bits per heavy atom. The molecule has 148 valence electrons. The van der Waals surface area contributed by atoms with Crippen molar-refractivity contribution in [3.63, 3.8) is 0 Å². The second-order valence-electron chi connectivity index (χ2n) is 7.40. The molecule has 1 aliphatic heterocycles. The molecule has 1 aromatic heterocycles. The van der Waals surface area contributed by atoms with Gasteiger partial charge in [0, 0.05) is 24.3 Å². The summed E-state index contributed by atoms with van der Waals surface area (Å²) >= 11 is 0. The Bertz CT molecular complexity index is 862. The molecule has 0 amide bonds. The number of para-hydroxylation sites is 1. The Hall–Kier alpha value is -1.86. The molecule has 1 aliphatic rings. The monoisotopic (exact) mass is 391 g/mol. The Labute approximate surface area is 162 Å². The minimum absolute atomic E-state index is 0.0213. The summed E-state index contributed by atoms with van der Waals surface area (Å²) in [4.78, 5) is 2.26. The van der Waals surface area contributed by atoms with E-state index in [0.717, 1.165) is 36.6 Å². The molecule has 0 aliphatic carbocycles. The van der Waals surface area contributed by atoms with Gasteiger partial charge in [0.25, 0.3) is 0 Å². The van der Waals surface area contributed by atoms with Crippen molar-refractivity contribution in [3.8, 4) is 5.75 Å². The van der Waals surface area contributed by atoms with Crippen LogP contribution in [0, 0.1) is 13.8 Å². The fourth-order valence-electron chi connectivity index (χ4n) is 3.64. The molecule has 6 nitrogen and oxygen atoms in total. The zero-order valence-electron chi connectivity index (χ0n) is 16.4. The number of rotatable bonds is 8. The van der Waals surface area contributed by atoms with Crippen molar-refractivity contribution in [1.29, 1.82) is 0 Å². The van der Waals surface area contributed by atoms with Gasteiger partial charge in [-0.2, -0.15) is 5.10 Å². The highest BCUT2D eigenvalue weighted by Gasteiger charge is 2.31. The fourth-order valence-corrected chi connectivity index (χ4v) is 5.33. The SMILES string of the molecule is Cc1nn([C@@H]2CCS(=O)(=O)C2)c(C)c1CN(C)CCCOc1ccccc1. The van der Waals surface area contributed by atoms with Crippen LogP contribution in [-0.2, 0) is 16.4 Å². The van der Waals surface area contributed by atoms with E-state index in [2.05, 4.69) is 17.0 Å². The first-order valence-corrected chi connectivity index (χ1v) is 11.3. The molecule has 0 spiro atoms. The van der Waals surface area contributed by atoms with Gasteiger partial charge in [-0.25, -0.2) is 8.42 Å². The van der Waals surface area contributed by atoms with E-state index >= 15 is 0 Å². The average Bonchev–Trinajstić information content (AvgIpc) is 3.13. The summed E-state index contributed by atoms with van der Waals surface area (Å²) < 4.78 is 31.2. The van der Waals surface area contributed by atoms with Crippen molar-refractivity contribution >= 4 is 9.84 Å². The highest BCUT2D eigenvalue weighted by atomic mass is 32.2. The molecule has 27 heavy (non-hydrogen) atoms. The number of ether oxygens (including phenoxy) is 1. The van der Waals surface area contributed by atoms with Crippen molar-refractivity contribution in [1.82, 2.24) is 14.7 Å². The molecule has 0 saturated carbocycles. The van der Waals surface area contributed by atoms with Gasteiger partial charge in [0.2, 0.25) is 0 Å². The van der Waals surface area contributed by atoms with Crippen LogP contribution in [0.2, 0.25) is 0 Å². The molecule has 1 atom stereocenters. The lowest BCUT2D eigenvalue weighted by atomic mass is 10.1. The molecule has 0 radical (unpaired) electrons. The molecule has 0 unspecified atom stereocenters. The first-order chi connectivity index (χ1) is 12.9. The molecular formula is C20H29N3O3S. The van der Waals surface area contributed by atoms with Crippen LogP contribution in [0.5, 0.6) is 5.75 Å². The average molecular weight is 392 g/mol. The molecular weight excluding hydrogens is 362 g/mol. The standard InChI is InChI=1S/C20H29N3O3S/c1-16-20(17(2)23(21-16)18-10-13-27(24,25)15-18)14-22(3)11-7-12-26-19-8-5-4-6-9-19/h4-6,8-9,18H,7,10-15H2,1-3H3/t18-/m1/s1. The summed E-state index contributed by atoms with van der Waals surface area (Å²) in [7, 11) is -0.814. The number of sulfone groups is 1. The Balaban J connectivity index is 1.52. The van der Waals surface area contributed by atoms with Gasteiger partial charge < -0.3 is 9.64 Å². The predicted octanol–water partition coefficient (Wildman–Crippen LogP) is 2.76. The molecule has 1 fully saturated rings. The normalized spacial score (nSPS) is 18.9. The topological polar surface area (TPSA) is 64.4 Å². The van der Waals surface area contributed by atoms with Gasteiger partial charge >= 0.3 is 0 Å². The molecule has 3 rings (SSSR count). The van der Waals surface area contributed by atoms with E-state index in [4.69, 9.17) is 4.74 Å². The van der Waals surface area contributed by atoms with Gasteiger partial charge in [0.1, 0.15) is 5.75 Å². The molecule has 1 aromatic carbocycles. The first kappa shape index (κ1) is 19.9. The summed E-state index contributed by atoms with van der Waals surface area (Å²) in [6, 6.07) is 9.83. The third-order valence-corrected chi connectivity index (χ3v) is 6.90.